The summed E-state index contributed by atoms with van der Waals surface area (Å²) in [5, 5.41) is 19.9. The van der Waals surface area contributed by atoms with Gasteiger partial charge in [-0.05, 0) is 16.8 Å². The number of nitrogens with zero attached hydrogens (tertiary/aromatic N) is 4. The molecule has 1 N–H and O–H groups in total. The Kier molecular flexibility index (Phi) is 3.69. The minimum atomic E-state index is -0.865. The minimum absolute atomic E-state index is 0.00983. The molecule has 0 aliphatic carbocycles. The molecule has 7 heteroatoms. The first kappa shape index (κ1) is 9.97. The molecule has 0 aliphatic rings. The first-order valence-electron chi connectivity index (χ1n) is 3.84. The van der Waals surface area contributed by atoms with E-state index in [1.165, 1.54) is 0 Å². The highest BCUT2D eigenvalue weighted by molar-refractivity contribution is 7.99. The summed E-state index contributed by atoms with van der Waals surface area (Å²) >= 11 is 1.13. The summed E-state index contributed by atoms with van der Waals surface area (Å²) in [4.78, 5) is 10.3. The van der Waals surface area contributed by atoms with E-state index in [-0.39, 0.29) is 5.75 Å². The highest BCUT2D eigenvalue weighted by Gasteiger charge is 2.07. The summed E-state index contributed by atoms with van der Waals surface area (Å²) in [6.45, 7) is 2.72. The van der Waals surface area contributed by atoms with Gasteiger partial charge in [0, 0.05) is 6.54 Å². The van der Waals surface area contributed by atoms with E-state index in [0.717, 1.165) is 24.7 Å². The second-order valence-corrected chi connectivity index (χ2v) is 3.31. The largest absolute Gasteiger partial charge is 0.481 e. The fraction of sp³-hybridized carbons (Fsp3) is 0.667. The molecule has 1 aromatic rings. The van der Waals surface area contributed by atoms with E-state index in [9.17, 15) is 4.79 Å². The van der Waals surface area contributed by atoms with Crippen LogP contribution in [0, 0.1) is 0 Å². The lowest BCUT2D eigenvalue weighted by Crippen LogP contribution is -2.04. The summed E-state index contributed by atoms with van der Waals surface area (Å²) in [7, 11) is 0. The zero-order chi connectivity index (χ0) is 9.68. The number of tetrazole rings is 1. The van der Waals surface area contributed by atoms with Crippen molar-refractivity contribution in [2.75, 3.05) is 5.75 Å². The molecule has 0 fully saturated rings. The van der Waals surface area contributed by atoms with Gasteiger partial charge in [-0.25, -0.2) is 4.68 Å². The Balaban J connectivity index is 2.54. The van der Waals surface area contributed by atoms with Crippen molar-refractivity contribution in [1.82, 2.24) is 20.2 Å². The smallest absolute Gasteiger partial charge is 0.313 e. The summed E-state index contributed by atoms with van der Waals surface area (Å²) in [6.07, 6.45) is 0.922. The van der Waals surface area contributed by atoms with E-state index in [2.05, 4.69) is 15.5 Å². The quantitative estimate of drug-likeness (QED) is 0.690. The lowest BCUT2D eigenvalue weighted by Gasteiger charge is -1.99. The van der Waals surface area contributed by atoms with Gasteiger partial charge in [-0.3, -0.25) is 4.79 Å². The van der Waals surface area contributed by atoms with Crippen LogP contribution in [0.3, 0.4) is 0 Å². The van der Waals surface area contributed by atoms with Crippen LogP contribution in [0.15, 0.2) is 5.16 Å². The SMILES string of the molecule is CCCn1nnnc1SCC(=O)O. The Morgan fingerprint density at radius 3 is 3.08 bits per heavy atom. The van der Waals surface area contributed by atoms with Crippen molar-refractivity contribution in [3.05, 3.63) is 0 Å². The van der Waals surface area contributed by atoms with Crippen LogP contribution in [0.5, 0.6) is 0 Å². The molecular weight excluding hydrogens is 192 g/mol. The molecule has 0 spiro atoms. The Morgan fingerprint density at radius 2 is 2.46 bits per heavy atom. The van der Waals surface area contributed by atoms with Gasteiger partial charge in [-0.2, -0.15) is 0 Å². The summed E-state index contributed by atoms with van der Waals surface area (Å²) < 4.78 is 1.60. The molecule has 0 radical (unpaired) electrons. The number of aromatic nitrogens is 4. The average Bonchev–Trinajstić information content (AvgIpc) is 2.49. The molecular formula is C6H10N4O2S. The number of hydrogen-bond acceptors (Lipinski definition) is 5. The van der Waals surface area contributed by atoms with E-state index in [1.807, 2.05) is 6.92 Å². The number of aliphatic carboxylic acids is 1. The molecule has 13 heavy (non-hydrogen) atoms. The first-order chi connectivity index (χ1) is 6.24. The van der Waals surface area contributed by atoms with Gasteiger partial charge in [0.2, 0.25) is 5.16 Å². The molecule has 72 valence electrons. The summed E-state index contributed by atoms with van der Waals surface area (Å²) in [5.74, 6) is -0.875. The molecule has 0 saturated heterocycles. The monoisotopic (exact) mass is 202 g/mol. The number of rotatable bonds is 5. The van der Waals surface area contributed by atoms with Gasteiger partial charge < -0.3 is 5.11 Å². The van der Waals surface area contributed by atoms with Crippen LogP contribution in [-0.2, 0) is 11.3 Å². The Hall–Kier alpha value is -1.11. The third-order valence-electron chi connectivity index (χ3n) is 1.26. The van der Waals surface area contributed by atoms with Gasteiger partial charge in [0.1, 0.15) is 0 Å². The van der Waals surface area contributed by atoms with Crippen molar-refractivity contribution in [1.29, 1.82) is 0 Å². The maximum absolute atomic E-state index is 10.3. The van der Waals surface area contributed by atoms with Crippen LogP contribution in [0.4, 0.5) is 0 Å². The van der Waals surface area contributed by atoms with E-state index >= 15 is 0 Å². The lowest BCUT2D eigenvalue weighted by molar-refractivity contribution is -0.133. The predicted octanol–water partition coefficient (Wildman–Crippen LogP) is 0.260. The molecule has 1 rings (SSSR count). The zero-order valence-electron chi connectivity index (χ0n) is 7.17. The van der Waals surface area contributed by atoms with Crippen LogP contribution < -0.4 is 0 Å². The molecule has 1 aromatic heterocycles. The van der Waals surface area contributed by atoms with Crippen molar-refractivity contribution in [3.8, 4) is 0 Å². The Bertz CT molecular complexity index is 288. The maximum atomic E-state index is 10.3. The molecule has 6 nitrogen and oxygen atoms in total. The van der Waals surface area contributed by atoms with Gasteiger partial charge in [0.25, 0.3) is 0 Å². The second-order valence-electron chi connectivity index (χ2n) is 2.37. The van der Waals surface area contributed by atoms with E-state index in [0.29, 0.717) is 5.16 Å². The minimum Gasteiger partial charge on any atom is -0.481 e. The summed E-state index contributed by atoms with van der Waals surface area (Å²) in [6, 6.07) is 0. The fourth-order valence-corrected chi connectivity index (χ4v) is 1.40. The average molecular weight is 202 g/mol. The van der Waals surface area contributed by atoms with E-state index in [1.54, 1.807) is 4.68 Å². The molecule has 0 saturated carbocycles. The predicted molar refractivity (Wildman–Crippen MR) is 46.5 cm³/mol. The number of carbonyl (C=O) groups is 1. The lowest BCUT2D eigenvalue weighted by atomic mass is 10.5. The number of aryl methyl sites for hydroxylation is 1. The third kappa shape index (κ3) is 3.02. The van der Waals surface area contributed by atoms with Gasteiger partial charge in [0.05, 0.1) is 5.75 Å². The van der Waals surface area contributed by atoms with Crippen molar-refractivity contribution >= 4 is 17.7 Å². The van der Waals surface area contributed by atoms with Gasteiger partial charge in [-0.1, -0.05) is 18.7 Å². The topological polar surface area (TPSA) is 80.9 Å². The molecule has 0 amide bonds. The summed E-state index contributed by atoms with van der Waals surface area (Å²) in [5.41, 5.74) is 0. The molecule has 0 atom stereocenters. The van der Waals surface area contributed by atoms with E-state index < -0.39 is 5.97 Å². The standard InChI is InChI=1S/C6H10N4O2S/c1-2-3-10-6(7-8-9-10)13-4-5(11)12/h2-4H2,1H3,(H,11,12). The van der Waals surface area contributed by atoms with Crippen molar-refractivity contribution in [2.45, 2.75) is 25.0 Å². The second kappa shape index (κ2) is 4.80. The van der Waals surface area contributed by atoms with Crippen LogP contribution in [0.2, 0.25) is 0 Å². The van der Waals surface area contributed by atoms with Crippen LogP contribution in [0.1, 0.15) is 13.3 Å². The number of carboxylic acid groups (broad SMARTS) is 1. The number of thioether (sulfide) groups is 1. The van der Waals surface area contributed by atoms with Crippen LogP contribution >= 0.6 is 11.8 Å². The highest BCUT2D eigenvalue weighted by Crippen LogP contribution is 2.12. The molecule has 0 unspecified atom stereocenters. The maximum Gasteiger partial charge on any atom is 0.313 e. The van der Waals surface area contributed by atoms with Gasteiger partial charge in [0.15, 0.2) is 0 Å². The van der Waals surface area contributed by atoms with Gasteiger partial charge >= 0.3 is 5.97 Å². The Labute approximate surface area is 79.3 Å². The number of hydrogen-bond donors (Lipinski definition) is 1. The third-order valence-corrected chi connectivity index (χ3v) is 2.20. The van der Waals surface area contributed by atoms with Crippen LogP contribution in [-0.4, -0.2) is 37.0 Å². The molecule has 1 heterocycles. The zero-order valence-corrected chi connectivity index (χ0v) is 7.99. The van der Waals surface area contributed by atoms with Crippen molar-refractivity contribution < 1.29 is 9.90 Å². The van der Waals surface area contributed by atoms with Crippen molar-refractivity contribution in [3.63, 3.8) is 0 Å². The first-order valence-corrected chi connectivity index (χ1v) is 4.83. The van der Waals surface area contributed by atoms with Crippen LogP contribution in [0.25, 0.3) is 0 Å². The normalized spacial score (nSPS) is 10.2. The Morgan fingerprint density at radius 1 is 1.69 bits per heavy atom. The highest BCUT2D eigenvalue weighted by atomic mass is 32.2. The van der Waals surface area contributed by atoms with Gasteiger partial charge in [-0.15, -0.1) is 5.10 Å². The fourth-order valence-electron chi connectivity index (χ4n) is 0.778. The molecule has 0 aliphatic heterocycles. The van der Waals surface area contributed by atoms with Crippen molar-refractivity contribution in [2.24, 2.45) is 0 Å². The molecule has 0 bridgehead atoms. The number of carboxylic acids is 1. The van der Waals surface area contributed by atoms with E-state index in [4.69, 9.17) is 5.11 Å². The molecule has 0 aromatic carbocycles.